The van der Waals surface area contributed by atoms with Crippen LogP contribution in [0, 0.1) is 19.7 Å². The van der Waals surface area contributed by atoms with E-state index in [9.17, 15) is 9.18 Å². The fourth-order valence-corrected chi connectivity index (χ4v) is 2.27. The summed E-state index contributed by atoms with van der Waals surface area (Å²) in [6.07, 6.45) is -0.360. The van der Waals surface area contributed by atoms with Gasteiger partial charge in [-0.05, 0) is 31.5 Å². The van der Waals surface area contributed by atoms with Crippen molar-refractivity contribution in [1.82, 2.24) is 10.2 Å². The highest BCUT2D eigenvalue weighted by molar-refractivity contribution is 6.06. The lowest BCUT2D eigenvalue weighted by Crippen LogP contribution is -2.28. The van der Waals surface area contributed by atoms with Gasteiger partial charge in [-0.25, -0.2) is 4.39 Å². The van der Waals surface area contributed by atoms with Crippen molar-refractivity contribution in [2.45, 2.75) is 26.4 Å². The molecule has 0 radical (unpaired) electrons. The standard InChI is InChI=1S/C15H15FN4O2/c1-8-14(9(2)19-18-8)17-15(21)13-7-12(20-22-13)10-3-5-11(16)6-4-10/h3-6,13H,7H2,1-2H3,(H,17,21)(H,18,19)/t13-/m0/s1. The smallest absolute Gasteiger partial charge is 0.268 e. The van der Waals surface area contributed by atoms with Crippen molar-refractivity contribution in [1.29, 1.82) is 0 Å². The first kappa shape index (κ1) is 14.2. The van der Waals surface area contributed by atoms with E-state index in [0.717, 1.165) is 11.3 Å². The summed E-state index contributed by atoms with van der Waals surface area (Å²) in [5.41, 5.74) is 3.52. The summed E-state index contributed by atoms with van der Waals surface area (Å²) in [5.74, 6) is -0.600. The molecular formula is C15H15FN4O2. The number of amides is 1. The Labute approximate surface area is 126 Å². The SMILES string of the molecule is Cc1n[nH]c(C)c1NC(=O)[C@@H]1CC(c2ccc(F)cc2)=NO1. The molecule has 2 N–H and O–H groups in total. The third kappa shape index (κ3) is 2.69. The minimum atomic E-state index is -0.700. The van der Waals surface area contributed by atoms with E-state index in [0.29, 0.717) is 23.5 Å². The van der Waals surface area contributed by atoms with Crippen molar-refractivity contribution >= 4 is 17.3 Å². The molecule has 114 valence electrons. The zero-order valence-electron chi connectivity index (χ0n) is 12.2. The Morgan fingerprint density at radius 3 is 2.73 bits per heavy atom. The maximum Gasteiger partial charge on any atom is 0.268 e. The molecule has 0 bridgehead atoms. The minimum Gasteiger partial charge on any atom is -0.382 e. The number of aromatic amines is 1. The normalized spacial score (nSPS) is 17.0. The van der Waals surface area contributed by atoms with Crippen LogP contribution in [0.5, 0.6) is 0 Å². The molecule has 1 aliphatic rings. The number of anilines is 1. The topological polar surface area (TPSA) is 79.4 Å². The highest BCUT2D eigenvalue weighted by Crippen LogP contribution is 2.21. The van der Waals surface area contributed by atoms with E-state index in [1.54, 1.807) is 19.1 Å². The van der Waals surface area contributed by atoms with E-state index < -0.39 is 6.10 Å². The van der Waals surface area contributed by atoms with Crippen LogP contribution in [0.4, 0.5) is 10.1 Å². The number of rotatable bonds is 3. The van der Waals surface area contributed by atoms with E-state index in [4.69, 9.17) is 4.84 Å². The number of hydrogen-bond donors (Lipinski definition) is 2. The first-order chi connectivity index (χ1) is 10.5. The zero-order valence-corrected chi connectivity index (χ0v) is 12.2. The van der Waals surface area contributed by atoms with Gasteiger partial charge in [0.25, 0.3) is 5.91 Å². The fraction of sp³-hybridized carbons (Fsp3) is 0.267. The van der Waals surface area contributed by atoms with Gasteiger partial charge in [0.2, 0.25) is 6.10 Å². The molecule has 1 aromatic heterocycles. The molecule has 0 saturated carbocycles. The Kier molecular flexibility index (Phi) is 3.62. The van der Waals surface area contributed by atoms with Gasteiger partial charge in [-0.2, -0.15) is 5.10 Å². The molecule has 1 aromatic carbocycles. The van der Waals surface area contributed by atoms with Gasteiger partial charge in [0.15, 0.2) is 0 Å². The van der Waals surface area contributed by atoms with Gasteiger partial charge >= 0.3 is 0 Å². The van der Waals surface area contributed by atoms with Crippen LogP contribution in [0.25, 0.3) is 0 Å². The van der Waals surface area contributed by atoms with Crippen LogP contribution < -0.4 is 5.32 Å². The first-order valence-electron chi connectivity index (χ1n) is 6.85. The van der Waals surface area contributed by atoms with Crippen LogP contribution in [0.2, 0.25) is 0 Å². The number of halogens is 1. The molecule has 3 rings (SSSR count). The van der Waals surface area contributed by atoms with Gasteiger partial charge < -0.3 is 10.2 Å². The Balaban J connectivity index is 1.66. The van der Waals surface area contributed by atoms with Crippen molar-refractivity contribution in [2.75, 3.05) is 5.32 Å². The predicted octanol–water partition coefficient (Wildman–Crippen LogP) is 2.30. The van der Waals surface area contributed by atoms with Gasteiger partial charge in [-0.15, -0.1) is 0 Å². The maximum atomic E-state index is 12.9. The Morgan fingerprint density at radius 1 is 1.36 bits per heavy atom. The lowest BCUT2D eigenvalue weighted by molar-refractivity contribution is -0.125. The first-order valence-corrected chi connectivity index (χ1v) is 6.85. The summed E-state index contributed by atoms with van der Waals surface area (Å²) in [6.45, 7) is 3.63. The van der Waals surface area contributed by atoms with Crippen LogP contribution in [0.15, 0.2) is 29.4 Å². The van der Waals surface area contributed by atoms with Crippen molar-refractivity contribution < 1.29 is 14.0 Å². The van der Waals surface area contributed by atoms with Crippen molar-refractivity contribution in [2.24, 2.45) is 5.16 Å². The van der Waals surface area contributed by atoms with Crippen molar-refractivity contribution in [3.63, 3.8) is 0 Å². The van der Waals surface area contributed by atoms with Crippen LogP contribution in [0.1, 0.15) is 23.4 Å². The average molecular weight is 302 g/mol. The monoisotopic (exact) mass is 302 g/mol. The predicted molar refractivity (Wildman–Crippen MR) is 79.1 cm³/mol. The lowest BCUT2D eigenvalue weighted by Gasteiger charge is -2.09. The molecule has 1 amide bonds. The lowest BCUT2D eigenvalue weighted by atomic mass is 10.0. The summed E-state index contributed by atoms with van der Waals surface area (Å²) < 4.78 is 12.9. The molecule has 1 atom stereocenters. The molecule has 22 heavy (non-hydrogen) atoms. The van der Waals surface area contributed by atoms with E-state index in [1.165, 1.54) is 12.1 Å². The Bertz CT molecular complexity index is 717. The Hall–Kier alpha value is -2.70. The highest BCUT2D eigenvalue weighted by Gasteiger charge is 2.29. The summed E-state index contributed by atoms with van der Waals surface area (Å²) in [6, 6.07) is 5.93. The third-order valence-electron chi connectivity index (χ3n) is 3.52. The third-order valence-corrected chi connectivity index (χ3v) is 3.52. The second-order valence-electron chi connectivity index (χ2n) is 5.14. The van der Waals surface area contributed by atoms with Crippen LogP contribution >= 0.6 is 0 Å². The number of benzene rings is 1. The number of carbonyl (C=O) groups excluding carboxylic acids is 1. The molecule has 0 aliphatic carbocycles. The number of nitrogens with one attached hydrogen (secondary N) is 2. The molecule has 2 aromatic rings. The molecule has 2 heterocycles. The molecule has 0 fully saturated rings. The van der Waals surface area contributed by atoms with E-state index in [2.05, 4.69) is 20.7 Å². The van der Waals surface area contributed by atoms with Gasteiger partial charge in [0.05, 0.1) is 22.8 Å². The van der Waals surface area contributed by atoms with Gasteiger partial charge in [0, 0.05) is 6.42 Å². The van der Waals surface area contributed by atoms with Gasteiger partial charge in [-0.1, -0.05) is 17.3 Å². The van der Waals surface area contributed by atoms with E-state index >= 15 is 0 Å². The fourth-order valence-electron chi connectivity index (χ4n) is 2.27. The summed E-state index contributed by atoms with van der Waals surface area (Å²) in [5, 5.41) is 13.5. The van der Waals surface area contributed by atoms with Crippen molar-refractivity contribution in [3.8, 4) is 0 Å². The second-order valence-corrected chi connectivity index (χ2v) is 5.14. The highest BCUT2D eigenvalue weighted by atomic mass is 19.1. The average Bonchev–Trinajstić information content (AvgIpc) is 3.10. The number of carbonyl (C=O) groups is 1. The maximum absolute atomic E-state index is 12.9. The molecule has 0 unspecified atom stereocenters. The number of H-pyrrole nitrogens is 1. The minimum absolute atomic E-state index is 0.284. The summed E-state index contributed by atoms with van der Waals surface area (Å²) >= 11 is 0. The summed E-state index contributed by atoms with van der Waals surface area (Å²) in [4.78, 5) is 17.4. The van der Waals surface area contributed by atoms with E-state index in [1.807, 2.05) is 6.92 Å². The number of aryl methyl sites for hydroxylation is 2. The molecule has 6 nitrogen and oxygen atoms in total. The molecule has 0 spiro atoms. The van der Waals surface area contributed by atoms with Gasteiger partial charge in [0.1, 0.15) is 5.82 Å². The Morgan fingerprint density at radius 2 is 2.09 bits per heavy atom. The largest absolute Gasteiger partial charge is 0.382 e. The van der Waals surface area contributed by atoms with Crippen LogP contribution in [-0.2, 0) is 9.63 Å². The number of nitrogens with zero attached hydrogens (tertiary/aromatic N) is 2. The molecular weight excluding hydrogens is 287 g/mol. The molecule has 0 saturated heterocycles. The quantitative estimate of drug-likeness (QED) is 0.913. The molecule has 7 heteroatoms. The van der Waals surface area contributed by atoms with E-state index in [-0.39, 0.29) is 11.7 Å². The van der Waals surface area contributed by atoms with Crippen LogP contribution in [-0.4, -0.2) is 27.9 Å². The number of aromatic nitrogens is 2. The number of hydrogen-bond acceptors (Lipinski definition) is 4. The molecule has 1 aliphatic heterocycles. The van der Waals surface area contributed by atoms with Crippen molar-refractivity contribution in [3.05, 3.63) is 47.0 Å². The van der Waals surface area contributed by atoms with Gasteiger partial charge in [-0.3, -0.25) is 9.89 Å². The van der Waals surface area contributed by atoms with Crippen LogP contribution in [0.3, 0.4) is 0 Å². The number of oxime groups is 1. The zero-order chi connectivity index (χ0) is 15.7. The second kappa shape index (κ2) is 5.59. The summed E-state index contributed by atoms with van der Waals surface area (Å²) in [7, 11) is 0.